The van der Waals surface area contributed by atoms with E-state index in [4.69, 9.17) is 0 Å². The van der Waals surface area contributed by atoms with Crippen molar-refractivity contribution in [3.05, 3.63) is 71.3 Å². The van der Waals surface area contributed by atoms with Crippen molar-refractivity contribution in [2.45, 2.75) is 55.7 Å². The highest BCUT2D eigenvalue weighted by Crippen LogP contribution is 2.51. The maximum Gasteiger partial charge on any atom is 0.0789 e. The van der Waals surface area contributed by atoms with Crippen LogP contribution >= 0.6 is 0 Å². The van der Waals surface area contributed by atoms with Crippen molar-refractivity contribution >= 4 is 11.8 Å². The molecule has 4 aliphatic rings. The van der Waals surface area contributed by atoms with Crippen molar-refractivity contribution in [2.75, 3.05) is 24.5 Å². The minimum atomic E-state index is -0.216. The first-order valence-electron chi connectivity index (χ1n) is 11.3. The molecule has 0 bridgehead atoms. The molecule has 1 spiro atoms. The summed E-state index contributed by atoms with van der Waals surface area (Å²) in [5.74, 6) is 0.699. The van der Waals surface area contributed by atoms with Gasteiger partial charge in [-0.3, -0.25) is 4.90 Å². The molecule has 0 aromatic heterocycles. The Morgan fingerprint density at radius 3 is 2.59 bits per heavy atom. The van der Waals surface area contributed by atoms with Gasteiger partial charge in [-0.2, -0.15) is 0 Å². The van der Waals surface area contributed by atoms with Gasteiger partial charge in [0.05, 0.1) is 11.6 Å². The van der Waals surface area contributed by atoms with Gasteiger partial charge < -0.3 is 10.0 Å². The van der Waals surface area contributed by atoms with Gasteiger partial charge in [0.1, 0.15) is 0 Å². The van der Waals surface area contributed by atoms with Crippen LogP contribution in [0.4, 0.5) is 5.69 Å². The first kappa shape index (κ1) is 17.7. The molecule has 2 aliphatic carbocycles. The van der Waals surface area contributed by atoms with Crippen LogP contribution in [0.2, 0.25) is 0 Å². The summed E-state index contributed by atoms with van der Waals surface area (Å²) in [7, 11) is 0. The first-order valence-corrected chi connectivity index (χ1v) is 11.3. The van der Waals surface area contributed by atoms with E-state index in [1.54, 1.807) is 11.1 Å². The molecule has 6 rings (SSSR count). The summed E-state index contributed by atoms with van der Waals surface area (Å²) < 4.78 is 0. The van der Waals surface area contributed by atoms with Crippen LogP contribution in [0.1, 0.15) is 60.8 Å². The van der Waals surface area contributed by atoms with Crippen LogP contribution in [0.5, 0.6) is 0 Å². The van der Waals surface area contributed by atoms with Crippen LogP contribution in [-0.4, -0.2) is 41.3 Å². The fraction of sp³-hybridized carbons (Fsp3) is 0.462. The maximum atomic E-state index is 11.0. The second-order valence-electron chi connectivity index (χ2n) is 9.37. The summed E-state index contributed by atoms with van der Waals surface area (Å²) in [5, 5.41) is 11.0. The molecule has 2 aliphatic heterocycles. The summed E-state index contributed by atoms with van der Waals surface area (Å²) in [6.45, 7) is 3.12. The number of rotatable bonds is 2. The summed E-state index contributed by atoms with van der Waals surface area (Å²) in [6.07, 6.45) is 9.90. The zero-order chi connectivity index (χ0) is 19.4. The summed E-state index contributed by atoms with van der Waals surface area (Å²) in [4.78, 5) is 5.23. The first-order chi connectivity index (χ1) is 14.3. The third-order valence-electron chi connectivity index (χ3n) is 8.12. The van der Waals surface area contributed by atoms with E-state index in [0.29, 0.717) is 12.0 Å². The van der Waals surface area contributed by atoms with E-state index in [2.05, 4.69) is 70.5 Å². The van der Waals surface area contributed by atoms with E-state index in [1.807, 2.05) is 0 Å². The molecule has 2 heterocycles. The molecule has 2 saturated heterocycles. The molecular formula is C26H30N2O. The molecule has 2 fully saturated rings. The van der Waals surface area contributed by atoms with E-state index in [-0.39, 0.29) is 11.6 Å². The minimum absolute atomic E-state index is 0.0873. The number of allylic oxidation sites excluding steroid dienone is 1. The smallest absolute Gasteiger partial charge is 0.0789 e. The van der Waals surface area contributed by atoms with Crippen molar-refractivity contribution in [1.82, 2.24) is 4.90 Å². The predicted molar refractivity (Wildman–Crippen MR) is 118 cm³/mol. The maximum absolute atomic E-state index is 11.0. The fourth-order valence-electron chi connectivity index (χ4n) is 6.69. The Balaban J connectivity index is 1.25. The van der Waals surface area contributed by atoms with Gasteiger partial charge in [-0.1, -0.05) is 48.6 Å². The van der Waals surface area contributed by atoms with Gasteiger partial charge >= 0.3 is 0 Å². The Kier molecular flexibility index (Phi) is 4.11. The molecule has 0 radical (unpaired) electrons. The van der Waals surface area contributed by atoms with Crippen molar-refractivity contribution in [3.8, 4) is 0 Å². The van der Waals surface area contributed by atoms with Gasteiger partial charge in [0.2, 0.25) is 0 Å². The van der Waals surface area contributed by atoms with E-state index < -0.39 is 0 Å². The molecular weight excluding hydrogens is 356 g/mol. The third kappa shape index (κ3) is 2.64. The molecule has 0 saturated carbocycles. The lowest BCUT2D eigenvalue weighted by molar-refractivity contribution is 0.0405. The summed E-state index contributed by atoms with van der Waals surface area (Å²) >= 11 is 0. The van der Waals surface area contributed by atoms with Gasteiger partial charge in [0.15, 0.2) is 0 Å². The number of benzene rings is 2. The Hall–Kier alpha value is -2.10. The zero-order valence-corrected chi connectivity index (χ0v) is 17.0. The van der Waals surface area contributed by atoms with Crippen molar-refractivity contribution in [3.63, 3.8) is 0 Å². The molecule has 3 heteroatoms. The molecule has 3 nitrogen and oxygen atoms in total. The molecule has 2 aromatic carbocycles. The highest BCUT2D eigenvalue weighted by molar-refractivity contribution is 5.62. The SMILES string of the molecule is OC1CCN(c2ccccc2)C12CCN(C1CC3CC=Cc4cccc1c43)CC2. The number of hydrogen-bond donors (Lipinski definition) is 1. The lowest BCUT2D eigenvalue weighted by atomic mass is 9.81. The highest BCUT2D eigenvalue weighted by Gasteiger charge is 2.51. The Labute approximate surface area is 173 Å². The summed E-state index contributed by atoms with van der Waals surface area (Å²) in [5.41, 5.74) is 5.81. The molecule has 3 atom stereocenters. The fourth-order valence-corrected chi connectivity index (χ4v) is 6.69. The average Bonchev–Trinajstić information content (AvgIpc) is 3.30. The van der Waals surface area contributed by atoms with Crippen molar-refractivity contribution in [2.24, 2.45) is 0 Å². The lowest BCUT2D eigenvalue weighted by Gasteiger charge is -2.49. The quantitative estimate of drug-likeness (QED) is 0.808. The highest BCUT2D eigenvalue weighted by atomic mass is 16.3. The Morgan fingerprint density at radius 1 is 0.931 bits per heavy atom. The molecule has 150 valence electrons. The number of piperidine rings is 1. The molecule has 1 N–H and O–H groups in total. The third-order valence-corrected chi connectivity index (χ3v) is 8.12. The topological polar surface area (TPSA) is 26.7 Å². The van der Waals surface area contributed by atoms with E-state index >= 15 is 0 Å². The van der Waals surface area contributed by atoms with Crippen molar-refractivity contribution < 1.29 is 5.11 Å². The number of likely N-dealkylation sites (tertiary alicyclic amines) is 1. The second kappa shape index (κ2) is 6.72. The molecule has 0 amide bonds. The lowest BCUT2D eigenvalue weighted by Crippen LogP contribution is -2.57. The van der Waals surface area contributed by atoms with Crippen LogP contribution in [0.3, 0.4) is 0 Å². The molecule has 2 aromatic rings. The Bertz CT molecular complexity index is 929. The predicted octanol–water partition coefficient (Wildman–Crippen LogP) is 4.74. The van der Waals surface area contributed by atoms with Gasteiger partial charge in [-0.05, 0) is 66.8 Å². The van der Waals surface area contributed by atoms with Gasteiger partial charge in [-0.15, -0.1) is 0 Å². The number of hydrogen-bond acceptors (Lipinski definition) is 3. The minimum Gasteiger partial charge on any atom is -0.391 e. The zero-order valence-electron chi connectivity index (χ0n) is 17.0. The van der Waals surface area contributed by atoms with Gasteiger partial charge in [0, 0.05) is 31.4 Å². The van der Waals surface area contributed by atoms with Gasteiger partial charge in [-0.25, -0.2) is 0 Å². The number of nitrogens with zero attached hydrogens (tertiary/aromatic N) is 2. The monoisotopic (exact) mass is 386 g/mol. The van der Waals surface area contributed by atoms with Crippen LogP contribution < -0.4 is 4.90 Å². The largest absolute Gasteiger partial charge is 0.391 e. The Morgan fingerprint density at radius 2 is 1.76 bits per heavy atom. The number of aliphatic hydroxyl groups is 1. The van der Waals surface area contributed by atoms with Crippen LogP contribution in [-0.2, 0) is 0 Å². The van der Waals surface area contributed by atoms with Gasteiger partial charge in [0.25, 0.3) is 0 Å². The van der Waals surface area contributed by atoms with E-state index in [9.17, 15) is 5.11 Å². The van der Waals surface area contributed by atoms with E-state index in [0.717, 1.165) is 38.9 Å². The summed E-state index contributed by atoms with van der Waals surface area (Å²) in [6, 6.07) is 18.2. The van der Waals surface area contributed by atoms with Crippen molar-refractivity contribution in [1.29, 1.82) is 0 Å². The average molecular weight is 387 g/mol. The number of aliphatic hydroxyl groups excluding tert-OH is 1. The molecule has 3 unspecified atom stereocenters. The van der Waals surface area contributed by atoms with Crippen LogP contribution in [0.25, 0.3) is 6.08 Å². The normalized spacial score (nSPS) is 30.1. The number of anilines is 1. The second-order valence-corrected chi connectivity index (χ2v) is 9.37. The van der Waals surface area contributed by atoms with E-state index in [1.165, 1.54) is 24.1 Å². The van der Waals surface area contributed by atoms with Crippen LogP contribution in [0.15, 0.2) is 54.6 Å². The van der Waals surface area contributed by atoms with Crippen LogP contribution in [0, 0.1) is 0 Å². The molecule has 29 heavy (non-hydrogen) atoms. The number of para-hydroxylation sites is 1. The standard InChI is InChI=1S/C26H30N2O/c29-24-12-15-28(21-9-2-1-3-10-21)26(24)13-16-27(17-14-26)23-18-20-8-4-6-19-7-5-11-22(23)25(19)20/h1-7,9-11,20,23-24,29H,8,12-18H2.